The second-order valence-corrected chi connectivity index (χ2v) is 10.4. The molecule has 6 heteroatoms. The lowest BCUT2D eigenvalue weighted by Crippen LogP contribution is -2.34. The highest BCUT2D eigenvalue weighted by molar-refractivity contribution is 5.70. The fourth-order valence-electron chi connectivity index (χ4n) is 5.73. The zero-order chi connectivity index (χ0) is 27.9. The van der Waals surface area contributed by atoms with Crippen LogP contribution in [0.1, 0.15) is 46.1 Å². The van der Waals surface area contributed by atoms with Crippen molar-refractivity contribution < 1.29 is 18.3 Å². The topological polar surface area (TPSA) is 50.4 Å². The quantitative estimate of drug-likeness (QED) is 0.247. The molecule has 0 unspecified atom stereocenters. The molecule has 0 radical (unpaired) electrons. The van der Waals surface area contributed by atoms with Crippen LogP contribution >= 0.6 is 0 Å². The third kappa shape index (κ3) is 6.75. The molecular formula is C34H34F2N2O2. The van der Waals surface area contributed by atoms with E-state index in [0.717, 1.165) is 53.4 Å². The van der Waals surface area contributed by atoms with Crippen molar-refractivity contribution in [3.8, 4) is 11.1 Å². The van der Waals surface area contributed by atoms with E-state index < -0.39 is 17.7 Å². The molecule has 1 amide bonds. The number of amides is 1. The lowest BCUT2D eigenvalue weighted by Gasteiger charge is -2.34. The van der Waals surface area contributed by atoms with Crippen molar-refractivity contribution in [3.63, 3.8) is 0 Å². The van der Waals surface area contributed by atoms with Gasteiger partial charge in [-0.2, -0.15) is 0 Å². The van der Waals surface area contributed by atoms with Gasteiger partial charge in [0, 0.05) is 25.1 Å². The molecule has 1 fully saturated rings. The van der Waals surface area contributed by atoms with Gasteiger partial charge in [-0.3, -0.25) is 0 Å². The number of benzene rings is 4. The number of piperidine rings is 1. The number of halogens is 2. The van der Waals surface area contributed by atoms with Crippen molar-refractivity contribution in [2.75, 3.05) is 19.6 Å². The van der Waals surface area contributed by atoms with Crippen LogP contribution in [-0.2, 0) is 17.8 Å². The number of hydrogen-bond donors (Lipinski definition) is 2. The van der Waals surface area contributed by atoms with E-state index >= 15 is 0 Å². The number of hydrogen-bond acceptors (Lipinski definition) is 3. The molecule has 4 aromatic carbocycles. The third-order valence-electron chi connectivity index (χ3n) is 7.67. The monoisotopic (exact) mass is 540 g/mol. The fourth-order valence-corrected chi connectivity index (χ4v) is 5.73. The number of rotatable bonds is 8. The molecule has 1 aliphatic rings. The van der Waals surface area contributed by atoms with E-state index in [9.17, 15) is 13.6 Å². The Bertz CT molecular complexity index is 1440. The van der Waals surface area contributed by atoms with Crippen molar-refractivity contribution in [2.24, 2.45) is 0 Å². The highest BCUT2D eigenvalue weighted by Gasteiger charge is 2.29. The van der Waals surface area contributed by atoms with Gasteiger partial charge in [0.25, 0.3) is 0 Å². The first kappa shape index (κ1) is 27.5. The first-order valence-electron chi connectivity index (χ1n) is 13.8. The Kier molecular flexibility index (Phi) is 8.87. The number of aryl methyl sites for hydroxylation is 1. The van der Waals surface area contributed by atoms with Crippen molar-refractivity contribution >= 4 is 6.09 Å². The first-order valence-corrected chi connectivity index (χ1v) is 13.8. The molecule has 0 saturated carbocycles. The maximum absolute atomic E-state index is 14.0. The number of carbonyl (C=O) groups excluding carboxylic acids is 1. The van der Waals surface area contributed by atoms with Gasteiger partial charge in [-0.15, -0.1) is 0 Å². The molecule has 206 valence electrons. The molecule has 0 bridgehead atoms. The Morgan fingerprint density at radius 2 is 1.68 bits per heavy atom. The van der Waals surface area contributed by atoms with Gasteiger partial charge in [-0.1, -0.05) is 72.8 Å². The summed E-state index contributed by atoms with van der Waals surface area (Å²) in [6.45, 7) is 4.37. The lowest BCUT2D eigenvalue weighted by atomic mass is 9.75. The van der Waals surface area contributed by atoms with Gasteiger partial charge in [0.15, 0.2) is 0 Å². The molecule has 1 saturated heterocycles. The molecule has 40 heavy (non-hydrogen) atoms. The molecule has 0 aliphatic carbocycles. The van der Waals surface area contributed by atoms with Gasteiger partial charge in [0.2, 0.25) is 0 Å². The fraction of sp³-hybridized carbons (Fsp3) is 0.265. The molecule has 1 heterocycles. The summed E-state index contributed by atoms with van der Waals surface area (Å²) < 4.78 is 33.4. The summed E-state index contributed by atoms with van der Waals surface area (Å²) in [6, 6.07) is 28.1. The van der Waals surface area contributed by atoms with E-state index in [-0.39, 0.29) is 18.4 Å². The summed E-state index contributed by atoms with van der Waals surface area (Å²) in [5.41, 5.74) is 7.33. The second kappa shape index (κ2) is 12.9. The highest BCUT2D eigenvalue weighted by Crippen LogP contribution is 2.40. The minimum atomic E-state index is -0.532. The van der Waals surface area contributed by atoms with Gasteiger partial charge in [-0.05, 0) is 83.3 Å². The van der Waals surface area contributed by atoms with Crippen LogP contribution in [0, 0.1) is 18.6 Å². The van der Waals surface area contributed by atoms with Gasteiger partial charge in [-0.25, -0.2) is 13.6 Å². The molecule has 5 rings (SSSR count). The Balaban J connectivity index is 1.27. The second-order valence-electron chi connectivity index (χ2n) is 10.4. The molecule has 0 aromatic heterocycles. The van der Waals surface area contributed by atoms with Crippen molar-refractivity contribution in [2.45, 2.75) is 38.2 Å². The first-order chi connectivity index (χ1) is 19.5. The molecular weight excluding hydrogens is 506 g/mol. The van der Waals surface area contributed by atoms with Crippen molar-refractivity contribution in [1.82, 2.24) is 10.6 Å². The zero-order valence-electron chi connectivity index (χ0n) is 22.6. The van der Waals surface area contributed by atoms with Gasteiger partial charge in [0.1, 0.15) is 18.2 Å². The maximum atomic E-state index is 14.0. The summed E-state index contributed by atoms with van der Waals surface area (Å²) in [6.07, 6.45) is 1.05. The average Bonchev–Trinajstić information content (AvgIpc) is 2.96. The smallest absolute Gasteiger partial charge is 0.407 e. The zero-order valence-corrected chi connectivity index (χ0v) is 22.6. The van der Waals surface area contributed by atoms with Crippen LogP contribution < -0.4 is 10.6 Å². The van der Waals surface area contributed by atoms with E-state index in [1.165, 1.54) is 17.7 Å². The van der Waals surface area contributed by atoms with E-state index in [2.05, 4.69) is 47.9 Å². The predicted octanol–water partition coefficient (Wildman–Crippen LogP) is 7.27. The maximum Gasteiger partial charge on any atom is 0.407 e. The Hall–Kier alpha value is -4.03. The summed E-state index contributed by atoms with van der Waals surface area (Å²) in [5, 5.41) is 6.31. The standard InChI is InChI=1S/C34H34F2N2O2/c1-23-17-26(11-12-30(23)33-21-37-15-14-32(33)27-18-28(35)20-29(36)19-27)31-10-6-5-9-25(31)13-16-38-34(39)40-22-24-7-3-2-4-8-24/h2-12,17-20,32-33,37H,13-16,21-22H2,1H3,(H,38,39)/t32-,33-/m1/s1. The molecule has 0 spiro atoms. The summed E-state index contributed by atoms with van der Waals surface area (Å²) >= 11 is 0. The number of nitrogens with one attached hydrogen (secondary N) is 2. The number of carbonyl (C=O) groups is 1. The van der Waals surface area contributed by atoms with Crippen molar-refractivity contribution in [3.05, 3.63) is 130 Å². The van der Waals surface area contributed by atoms with Crippen molar-refractivity contribution in [1.29, 1.82) is 0 Å². The van der Waals surface area contributed by atoms with Gasteiger partial charge in [0.05, 0.1) is 0 Å². The van der Waals surface area contributed by atoms with E-state index in [0.29, 0.717) is 18.5 Å². The summed E-state index contributed by atoms with van der Waals surface area (Å²) in [5.74, 6) is -0.911. The third-order valence-corrected chi connectivity index (χ3v) is 7.67. The van der Waals surface area contributed by atoms with E-state index in [1.807, 2.05) is 42.5 Å². The van der Waals surface area contributed by atoms with Gasteiger partial charge < -0.3 is 15.4 Å². The molecule has 2 N–H and O–H groups in total. The summed E-state index contributed by atoms with van der Waals surface area (Å²) in [7, 11) is 0. The van der Waals surface area contributed by atoms with Crippen LogP contribution in [0.3, 0.4) is 0 Å². The Morgan fingerprint density at radius 1 is 0.925 bits per heavy atom. The van der Waals surface area contributed by atoms with E-state index in [1.54, 1.807) is 0 Å². The average molecular weight is 541 g/mol. The summed E-state index contributed by atoms with van der Waals surface area (Å²) in [4.78, 5) is 12.2. The Labute approximate surface area is 234 Å². The lowest BCUT2D eigenvalue weighted by molar-refractivity contribution is 0.140. The number of ether oxygens (including phenoxy) is 1. The predicted molar refractivity (Wildman–Crippen MR) is 154 cm³/mol. The van der Waals surface area contributed by atoms with Crippen LogP contribution in [0.15, 0.2) is 91.0 Å². The largest absolute Gasteiger partial charge is 0.445 e. The molecule has 2 atom stereocenters. The molecule has 1 aliphatic heterocycles. The molecule has 4 nitrogen and oxygen atoms in total. The van der Waals surface area contributed by atoms with Crippen LogP contribution in [0.5, 0.6) is 0 Å². The molecule has 4 aromatic rings. The van der Waals surface area contributed by atoms with Crippen LogP contribution in [0.4, 0.5) is 13.6 Å². The SMILES string of the molecule is Cc1cc(-c2ccccc2CCNC(=O)OCc2ccccc2)ccc1[C@H]1CNCC[C@@H]1c1cc(F)cc(F)c1. The van der Waals surface area contributed by atoms with Crippen LogP contribution in [0.25, 0.3) is 11.1 Å². The minimum Gasteiger partial charge on any atom is -0.445 e. The highest BCUT2D eigenvalue weighted by atomic mass is 19.1. The number of alkyl carbamates (subject to hydrolysis) is 1. The Morgan fingerprint density at radius 3 is 2.45 bits per heavy atom. The van der Waals surface area contributed by atoms with Gasteiger partial charge >= 0.3 is 6.09 Å². The van der Waals surface area contributed by atoms with Crippen LogP contribution in [-0.4, -0.2) is 25.7 Å². The van der Waals surface area contributed by atoms with E-state index in [4.69, 9.17) is 4.74 Å². The normalized spacial score (nSPS) is 16.9. The van der Waals surface area contributed by atoms with Crippen LogP contribution in [0.2, 0.25) is 0 Å². The minimum absolute atomic E-state index is 0.0380.